The van der Waals surface area contributed by atoms with Crippen LogP contribution in [0.4, 0.5) is 11.4 Å². The fourth-order valence-electron chi connectivity index (χ4n) is 2.97. The first kappa shape index (κ1) is 18.2. The highest BCUT2D eigenvalue weighted by Gasteiger charge is 2.21. The van der Waals surface area contributed by atoms with Gasteiger partial charge < -0.3 is 10.6 Å². The summed E-state index contributed by atoms with van der Waals surface area (Å²) in [7, 11) is 0. The van der Waals surface area contributed by atoms with Crippen LogP contribution >= 0.6 is 0 Å². The predicted octanol–water partition coefficient (Wildman–Crippen LogP) is 4.21. The van der Waals surface area contributed by atoms with Crippen LogP contribution in [0.1, 0.15) is 54.0 Å². The van der Waals surface area contributed by atoms with Crippen molar-refractivity contribution in [1.82, 2.24) is 0 Å². The molecule has 2 amide bonds. The van der Waals surface area contributed by atoms with Crippen molar-refractivity contribution in [2.75, 3.05) is 17.2 Å². The summed E-state index contributed by atoms with van der Waals surface area (Å²) in [6, 6.07) is 3.87. The molecular weight excluding hydrogens is 302 g/mol. The predicted molar refractivity (Wildman–Crippen MR) is 103 cm³/mol. The van der Waals surface area contributed by atoms with Gasteiger partial charge in [-0.1, -0.05) is 13.8 Å². The third kappa shape index (κ3) is 4.22. The molecule has 0 radical (unpaired) electrons. The molecule has 0 saturated heterocycles. The molecule has 0 fully saturated rings. The molecule has 0 saturated carbocycles. The van der Waals surface area contributed by atoms with Gasteiger partial charge in [-0.25, -0.2) is 0 Å². The van der Waals surface area contributed by atoms with Crippen molar-refractivity contribution in [3.63, 3.8) is 0 Å². The number of hydrogen-bond acceptors (Lipinski definition) is 3. The van der Waals surface area contributed by atoms with E-state index in [1.165, 1.54) is 0 Å². The fraction of sp³-hybridized carbons (Fsp3) is 0.526. The highest BCUT2D eigenvalue weighted by Crippen LogP contribution is 2.30. The molecule has 2 N–H and O–H groups in total. The molecule has 1 atom stereocenters. The maximum Gasteiger partial charge on any atom is 0.232 e. The monoisotopic (exact) mass is 333 g/mol. The first-order valence-electron chi connectivity index (χ1n) is 8.73. The van der Waals surface area contributed by atoms with Gasteiger partial charge in [0.15, 0.2) is 0 Å². The van der Waals surface area contributed by atoms with Crippen molar-refractivity contribution < 1.29 is 12.4 Å². The molecule has 1 aliphatic heterocycles. The normalized spacial score (nSPS) is 15.5. The van der Waals surface area contributed by atoms with Crippen molar-refractivity contribution in [1.29, 1.82) is 0 Å². The van der Waals surface area contributed by atoms with Crippen LogP contribution in [0.15, 0.2) is 17.1 Å². The summed E-state index contributed by atoms with van der Waals surface area (Å²) in [5.74, 6) is -0.223. The minimum absolute atomic E-state index is 0. The Hall–Kier alpha value is -2.17. The lowest BCUT2D eigenvalue weighted by Gasteiger charge is -2.21. The number of aliphatic imine (C=N–C) groups is 1. The average Bonchev–Trinajstić information content (AvgIpc) is 2.56. The van der Waals surface area contributed by atoms with Crippen molar-refractivity contribution in [2.45, 2.75) is 53.4 Å². The zero-order valence-electron chi connectivity index (χ0n) is 15.0. The minimum Gasteiger partial charge on any atom is -0.326 e. The van der Waals surface area contributed by atoms with Crippen LogP contribution in [0, 0.1) is 12.8 Å². The summed E-state index contributed by atoms with van der Waals surface area (Å²) in [5, 5.41) is 5.91. The zero-order chi connectivity index (χ0) is 17.7. The van der Waals surface area contributed by atoms with Gasteiger partial charge in [0.2, 0.25) is 11.8 Å². The SMILES string of the molecule is CCCN=C(CC)C(C)C(=O)Nc1cc(C)c2c(c1)CCC(=O)N2.[HH].[HH]. The van der Waals surface area contributed by atoms with Gasteiger partial charge in [-0.15, -0.1) is 0 Å². The van der Waals surface area contributed by atoms with Gasteiger partial charge in [0.05, 0.1) is 5.92 Å². The maximum atomic E-state index is 12.5. The molecule has 1 heterocycles. The van der Waals surface area contributed by atoms with Gasteiger partial charge >= 0.3 is 0 Å². The van der Waals surface area contributed by atoms with Crippen molar-refractivity contribution in [2.24, 2.45) is 10.9 Å². The van der Waals surface area contributed by atoms with Crippen LogP contribution in [0.5, 0.6) is 0 Å². The molecule has 0 bridgehead atoms. The van der Waals surface area contributed by atoms with E-state index in [1.54, 1.807) is 0 Å². The molecule has 0 spiro atoms. The second kappa shape index (κ2) is 8.08. The Balaban J connectivity index is 0.00000312. The Labute approximate surface area is 146 Å². The molecule has 0 aromatic heterocycles. The lowest BCUT2D eigenvalue weighted by Crippen LogP contribution is -2.27. The number of nitrogens with one attached hydrogen (secondary N) is 2. The van der Waals surface area contributed by atoms with E-state index in [0.717, 1.165) is 47.6 Å². The highest BCUT2D eigenvalue weighted by atomic mass is 16.2. The van der Waals surface area contributed by atoms with Gasteiger partial charge in [0.1, 0.15) is 0 Å². The molecule has 1 unspecified atom stereocenters. The van der Waals surface area contributed by atoms with E-state index in [-0.39, 0.29) is 20.6 Å². The van der Waals surface area contributed by atoms with Crippen LogP contribution in [0.25, 0.3) is 0 Å². The molecule has 0 aliphatic carbocycles. The summed E-state index contributed by atoms with van der Waals surface area (Å²) in [6.45, 7) is 8.72. The summed E-state index contributed by atoms with van der Waals surface area (Å²) >= 11 is 0. The van der Waals surface area contributed by atoms with E-state index in [9.17, 15) is 9.59 Å². The number of aryl methyl sites for hydroxylation is 2. The van der Waals surface area contributed by atoms with Crippen molar-refractivity contribution in [3.05, 3.63) is 23.3 Å². The number of carbonyl (C=O) groups is 2. The summed E-state index contributed by atoms with van der Waals surface area (Å²) in [5.41, 5.74) is 4.66. The number of nitrogens with zero attached hydrogens (tertiary/aromatic N) is 1. The van der Waals surface area contributed by atoms with Gasteiger partial charge in [0.25, 0.3) is 0 Å². The lowest BCUT2D eigenvalue weighted by molar-refractivity contribution is -0.118. The van der Waals surface area contributed by atoms with Gasteiger partial charge in [-0.2, -0.15) is 0 Å². The Morgan fingerprint density at radius 3 is 2.79 bits per heavy atom. The Morgan fingerprint density at radius 2 is 2.12 bits per heavy atom. The second-order valence-corrected chi connectivity index (χ2v) is 6.31. The van der Waals surface area contributed by atoms with Crippen molar-refractivity contribution >= 4 is 28.9 Å². The number of hydrogen-bond donors (Lipinski definition) is 2. The summed E-state index contributed by atoms with van der Waals surface area (Å²) in [6.07, 6.45) is 2.96. The van der Waals surface area contributed by atoms with Gasteiger partial charge in [0, 0.05) is 32.9 Å². The minimum atomic E-state index is -0.238. The number of rotatable bonds is 6. The van der Waals surface area contributed by atoms with Crippen LogP contribution in [-0.4, -0.2) is 24.1 Å². The average molecular weight is 333 g/mol. The molecule has 5 nitrogen and oxygen atoms in total. The van der Waals surface area contributed by atoms with E-state index in [1.807, 2.05) is 32.9 Å². The number of amides is 2. The second-order valence-electron chi connectivity index (χ2n) is 6.31. The standard InChI is InChI=1S/C19H27N3O2.2H2/c1-5-9-20-16(6-2)13(4)19(24)21-15-10-12(3)18-14(11-15)7-8-17(23)22-18;;/h10-11,13H,5-9H2,1-4H3,(H,21,24)(H,22,23);2*1H. The number of fused-ring (bicyclic) bond motifs is 1. The lowest BCUT2D eigenvalue weighted by atomic mass is 9.98. The molecule has 24 heavy (non-hydrogen) atoms. The first-order valence-corrected chi connectivity index (χ1v) is 8.73. The smallest absolute Gasteiger partial charge is 0.232 e. The topological polar surface area (TPSA) is 70.6 Å². The largest absolute Gasteiger partial charge is 0.326 e. The summed E-state index contributed by atoms with van der Waals surface area (Å²) < 4.78 is 0. The first-order chi connectivity index (χ1) is 11.5. The van der Waals surface area contributed by atoms with Crippen LogP contribution in [0.3, 0.4) is 0 Å². The van der Waals surface area contributed by atoms with E-state index in [2.05, 4.69) is 22.5 Å². The molecule has 5 heteroatoms. The Kier molecular flexibility index (Phi) is 6.12. The van der Waals surface area contributed by atoms with Crippen LogP contribution in [0.2, 0.25) is 0 Å². The van der Waals surface area contributed by atoms with Gasteiger partial charge in [-0.05, 0) is 56.4 Å². The van der Waals surface area contributed by atoms with E-state index < -0.39 is 0 Å². The van der Waals surface area contributed by atoms with Crippen LogP contribution in [-0.2, 0) is 16.0 Å². The highest BCUT2D eigenvalue weighted by molar-refractivity contribution is 6.09. The van der Waals surface area contributed by atoms with E-state index in [0.29, 0.717) is 12.8 Å². The van der Waals surface area contributed by atoms with Gasteiger partial charge in [-0.3, -0.25) is 14.6 Å². The molecule has 1 aromatic rings. The third-order valence-corrected chi connectivity index (χ3v) is 4.36. The zero-order valence-corrected chi connectivity index (χ0v) is 15.0. The maximum absolute atomic E-state index is 12.5. The van der Waals surface area contributed by atoms with E-state index >= 15 is 0 Å². The van der Waals surface area contributed by atoms with Crippen molar-refractivity contribution in [3.8, 4) is 0 Å². The molecule has 134 valence electrons. The number of benzene rings is 1. The van der Waals surface area contributed by atoms with E-state index in [4.69, 9.17) is 0 Å². The molecule has 1 aromatic carbocycles. The number of carbonyl (C=O) groups excluding carboxylic acids is 2. The summed E-state index contributed by atoms with van der Waals surface area (Å²) in [4.78, 5) is 28.6. The molecular formula is C19H31N3O2. The Morgan fingerprint density at radius 1 is 1.38 bits per heavy atom. The Bertz CT molecular complexity index is 675. The molecule has 1 aliphatic rings. The number of anilines is 2. The fourth-order valence-corrected chi connectivity index (χ4v) is 2.97. The third-order valence-electron chi connectivity index (χ3n) is 4.36. The molecule has 2 rings (SSSR count). The quantitative estimate of drug-likeness (QED) is 0.766. The van der Waals surface area contributed by atoms with Crippen LogP contribution < -0.4 is 10.6 Å².